The van der Waals surface area contributed by atoms with Crippen molar-refractivity contribution in [2.75, 3.05) is 0 Å². The third kappa shape index (κ3) is 2.70. The Morgan fingerprint density at radius 1 is 1.17 bits per heavy atom. The number of fused-ring (bicyclic) bond motifs is 3. The minimum absolute atomic E-state index is 0.346. The number of aryl methyl sites for hydroxylation is 2. The molecule has 3 aromatic rings. The van der Waals surface area contributed by atoms with Gasteiger partial charge in [-0.05, 0) is 49.4 Å². The highest BCUT2D eigenvalue weighted by atomic mass is 35.5. The van der Waals surface area contributed by atoms with Crippen LogP contribution in [0.3, 0.4) is 0 Å². The zero-order valence-corrected chi connectivity index (χ0v) is 13.2. The molecule has 1 aromatic carbocycles. The minimum atomic E-state index is -0.401. The fourth-order valence-electron chi connectivity index (χ4n) is 3.15. The van der Waals surface area contributed by atoms with Crippen LogP contribution in [0.15, 0.2) is 36.7 Å². The Hall–Kier alpha value is -2.33. The molecule has 1 aliphatic rings. The fraction of sp³-hybridized carbons (Fsp3) is 0.222. The Balaban J connectivity index is 1.67. The lowest BCUT2D eigenvalue weighted by Crippen LogP contribution is -2.08. The lowest BCUT2D eigenvalue weighted by Gasteiger charge is -2.10. The monoisotopic (exact) mass is 326 g/mol. The van der Waals surface area contributed by atoms with E-state index in [2.05, 4.69) is 9.97 Å². The van der Waals surface area contributed by atoms with E-state index >= 15 is 0 Å². The van der Waals surface area contributed by atoms with E-state index < -0.39 is 5.97 Å². The number of H-pyrrole nitrogens is 1. The summed E-state index contributed by atoms with van der Waals surface area (Å²) in [7, 11) is 0. The molecule has 4 nitrogen and oxygen atoms in total. The zero-order valence-electron chi connectivity index (χ0n) is 12.4. The van der Waals surface area contributed by atoms with Crippen LogP contribution in [0.4, 0.5) is 0 Å². The Morgan fingerprint density at radius 2 is 2.04 bits per heavy atom. The van der Waals surface area contributed by atoms with Gasteiger partial charge in [0.25, 0.3) is 0 Å². The van der Waals surface area contributed by atoms with E-state index in [0.29, 0.717) is 16.3 Å². The number of nitrogens with one attached hydrogen (secondary N) is 1. The summed E-state index contributed by atoms with van der Waals surface area (Å²) >= 11 is 5.86. The van der Waals surface area contributed by atoms with Gasteiger partial charge in [-0.1, -0.05) is 11.6 Å². The normalized spacial score (nSPS) is 13.8. The van der Waals surface area contributed by atoms with Crippen LogP contribution in [0.5, 0.6) is 5.75 Å². The number of nitrogens with zero attached hydrogens (tertiary/aromatic N) is 1. The maximum absolute atomic E-state index is 12.4. The number of carbonyl (C=O) groups excluding carboxylic acids is 1. The molecule has 2 heterocycles. The number of ether oxygens (including phenoxy) is 1. The average Bonchev–Trinajstić information content (AvgIpc) is 2.92. The summed E-state index contributed by atoms with van der Waals surface area (Å²) in [6.45, 7) is 0. The molecule has 1 N–H and O–H groups in total. The van der Waals surface area contributed by atoms with Gasteiger partial charge >= 0.3 is 5.97 Å². The number of pyridine rings is 1. The number of benzene rings is 1. The molecule has 0 radical (unpaired) electrons. The quantitative estimate of drug-likeness (QED) is 0.714. The van der Waals surface area contributed by atoms with Gasteiger partial charge in [-0.3, -0.25) is 4.98 Å². The van der Waals surface area contributed by atoms with Crippen LogP contribution < -0.4 is 4.74 Å². The second kappa shape index (κ2) is 5.70. The number of carbonyl (C=O) groups is 1. The SMILES string of the molecule is O=C(Oc1cncc(Cl)c1)c1ccc2[nH]c3c(c2c1)CCCC3. The van der Waals surface area contributed by atoms with Gasteiger partial charge in [0, 0.05) is 28.9 Å². The molecule has 4 rings (SSSR count). The van der Waals surface area contributed by atoms with Gasteiger partial charge in [0.15, 0.2) is 5.75 Å². The Labute approximate surface area is 138 Å². The first-order chi connectivity index (χ1) is 11.2. The molecule has 5 heteroatoms. The summed E-state index contributed by atoms with van der Waals surface area (Å²) in [5.41, 5.74) is 4.25. The van der Waals surface area contributed by atoms with Gasteiger partial charge in [-0.25, -0.2) is 4.79 Å². The van der Waals surface area contributed by atoms with E-state index in [1.54, 1.807) is 12.1 Å². The summed E-state index contributed by atoms with van der Waals surface area (Å²) in [5.74, 6) is -0.0552. The van der Waals surface area contributed by atoms with Crippen LogP contribution in [0.1, 0.15) is 34.5 Å². The van der Waals surface area contributed by atoms with Crippen molar-refractivity contribution in [3.05, 3.63) is 58.5 Å². The predicted octanol–water partition coefficient (Wildman–Crippen LogP) is 4.31. The van der Waals surface area contributed by atoms with Crippen LogP contribution in [0, 0.1) is 0 Å². The van der Waals surface area contributed by atoms with Gasteiger partial charge in [-0.15, -0.1) is 0 Å². The number of esters is 1. The summed E-state index contributed by atoms with van der Waals surface area (Å²) in [6.07, 6.45) is 7.53. The van der Waals surface area contributed by atoms with Gasteiger partial charge in [-0.2, -0.15) is 0 Å². The molecule has 0 spiro atoms. The molecule has 1 aliphatic carbocycles. The topological polar surface area (TPSA) is 55.0 Å². The number of halogens is 1. The fourth-order valence-corrected chi connectivity index (χ4v) is 3.31. The third-order valence-corrected chi connectivity index (χ3v) is 4.43. The maximum Gasteiger partial charge on any atom is 0.343 e. The molecule has 116 valence electrons. The van der Waals surface area contributed by atoms with E-state index in [9.17, 15) is 4.79 Å². The van der Waals surface area contributed by atoms with Gasteiger partial charge in [0.05, 0.1) is 16.8 Å². The van der Waals surface area contributed by atoms with E-state index in [1.165, 1.54) is 36.5 Å². The van der Waals surface area contributed by atoms with E-state index in [1.807, 2.05) is 12.1 Å². The Bertz CT molecular complexity index is 901. The molecular formula is C18H15ClN2O2. The highest BCUT2D eigenvalue weighted by Gasteiger charge is 2.17. The smallest absolute Gasteiger partial charge is 0.343 e. The number of hydrogen-bond acceptors (Lipinski definition) is 3. The molecule has 0 fully saturated rings. The maximum atomic E-state index is 12.4. The van der Waals surface area contributed by atoms with Crippen molar-refractivity contribution in [3.63, 3.8) is 0 Å². The molecule has 0 saturated carbocycles. The number of hydrogen-bond donors (Lipinski definition) is 1. The lowest BCUT2D eigenvalue weighted by molar-refractivity contribution is 0.0734. The molecule has 0 aliphatic heterocycles. The highest BCUT2D eigenvalue weighted by molar-refractivity contribution is 6.30. The average molecular weight is 327 g/mol. The first kappa shape index (κ1) is 14.3. The van der Waals surface area contributed by atoms with Crippen molar-refractivity contribution in [3.8, 4) is 5.75 Å². The van der Waals surface area contributed by atoms with E-state index in [4.69, 9.17) is 16.3 Å². The molecule has 23 heavy (non-hydrogen) atoms. The van der Waals surface area contributed by atoms with Gasteiger partial charge in [0.2, 0.25) is 0 Å². The van der Waals surface area contributed by atoms with Crippen LogP contribution >= 0.6 is 11.6 Å². The molecule has 2 aromatic heterocycles. The molecular weight excluding hydrogens is 312 g/mol. The summed E-state index contributed by atoms with van der Waals surface area (Å²) in [4.78, 5) is 19.7. The standard InChI is InChI=1S/C18H15ClN2O2/c19-12-8-13(10-20-9-12)23-18(22)11-5-6-17-15(7-11)14-3-1-2-4-16(14)21-17/h5-10,21H,1-4H2. The van der Waals surface area contributed by atoms with Crippen molar-refractivity contribution < 1.29 is 9.53 Å². The van der Waals surface area contributed by atoms with Crippen molar-refractivity contribution in [1.82, 2.24) is 9.97 Å². The van der Waals surface area contributed by atoms with E-state index in [0.717, 1.165) is 23.7 Å². The van der Waals surface area contributed by atoms with Gasteiger partial charge in [0.1, 0.15) is 0 Å². The number of rotatable bonds is 2. The molecule has 0 saturated heterocycles. The second-order valence-electron chi connectivity index (χ2n) is 5.78. The highest BCUT2D eigenvalue weighted by Crippen LogP contribution is 2.30. The Kier molecular flexibility index (Phi) is 3.54. The molecule has 0 bridgehead atoms. The van der Waals surface area contributed by atoms with Crippen molar-refractivity contribution in [1.29, 1.82) is 0 Å². The molecule has 0 unspecified atom stereocenters. The van der Waals surface area contributed by atoms with Crippen LogP contribution in [0.25, 0.3) is 10.9 Å². The second-order valence-corrected chi connectivity index (χ2v) is 6.21. The van der Waals surface area contributed by atoms with Gasteiger partial charge < -0.3 is 9.72 Å². The molecule has 0 atom stereocenters. The van der Waals surface area contributed by atoms with Crippen LogP contribution in [-0.4, -0.2) is 15.9 Å². The van der Waals surface area contributed by atoms with E-state index in [-0.39, 0.29) is 0 Å². The minimum Gasteiger partial charge on any atom is -0.421 e. The summed E-state index contributed by atoms with van der Waals surface area (Å²) < 4.78 is 5.35. The molecule has 0 amide bonds. The number of aromatic amines is 1. The summed E-state index contributed by atoms with van der Waals surface area (Å²) in [6, 6.07) is 7.21. The third-order valence-electron chi connectivity index (χ3n) is 4.22. The first-order valence-corrected chi connectivity index (χ1v) is 8.05. The van der Waals surface area contributed by atoms with Crippen LogP contribution in [0.2, 0.25) is 5.02 Å². The summed E-state index contributed by atoms with van der Waals surface area (Å²) in [5, 5.41) is 1.56. The van der Waals surface area contributed by atoms with Crippen molar-refractivity contribution in [2.45, 2.75) is 25.7 Å². The lowest BCUT2D eigenvalue weighted by atomic mass is 9.95. The largest absolute Gasteiger partial charge is 0.421 e. The first-order valence-electron chi connectivity index (χ1n) is 7.67. The Morgan fingerprint density at radius 3 is 2.91 bits per heavy atom. The van der Waals surface area contributed by atoms with Crippen LogP contribution in [-0.2, 0) is 12.8 Å². The van der Waals surface area contributed by atoms with Crippen molar-refractivity contribution >= 4 is 28.5 Å². The predicted molar refractivity (Wildman–Crippen MR) is 89.1 cm³/mol. The number of aromatic nitrogens is 2. The zero-order chi connectivity index (χ0) is 15.8. The van der Waals surface area contributed by atoms with Crippen molar-refractivity contribution in [2.24, 2.45) is 0 Å².